The average molecular weight is 200 g/mol. The maximum atomic E-state index is 11.1. The summed E-state index contributed by atoms with van der Waals surface area (Å²) in [5, 5.41) is 9.35. The molecule has 0 fully saturated rings. The third kappa shape index (κ3) is 5.75. The van der Waals surface area contributed by atoms with Crippen LogP contribution in [0.1, 0.15) is 40.0 Å². The highest BCUT2D eigenvalue weighted by Gasteiger charge is 2.06. The van der Waals surface area contributed by atoms with E-state index in [1.54, 1.807) is 19.9 Å². The van der Waals surface area contributed by atoms with Gasteiger partial charge in [0.15, 0.2) is 0 Å². The fourth-order valence-corrected chi connectivity index (χ4v) is 0.997. The standard InChI is InChI=1S/C11H20O3/c1-4-6-10(12)7-8-14-11(13)9(3)5-2/h5,10,12H,4,6-8H2,1-3H3. The molecule has 1 atom stereocenters. The molecule has 0 aromatic heterocycles. The molecule has 0 aromatic rings. The molecule has 0 bridgehead atoms. The number of carbonyl (C=O) groups is 1. The first-order valence-corrected chi connectivity index (χ1v) is 5.09. The Morgan fingerprint density at radius 3 is 2.64 bits per heavy atom. The molecule has 0 amide bonds. The Morgan fingerprint density at radius 2 is 2.14 bits per heavy atom. The molecule has 0 spiro atoms. The van der Waals surface area contributed by atoms with Crippen molar-refractivity contribution in [2.75, 3.05) is 6.61 Å². The van der Waals surface area contributed by atoms with Gasteiger partial charge in [-0.25, -0.2) is 4.79 Å². The lowest BCUT2D eigenvalue weighted by Crippen LogP contribution is -2.13. The van der Waals surface area contributed by atoms with Crippen molar-refractivity contribution >= 4 is 5.97 Å². The van der Waals surface area contributed by atoms with Crippen LogP contribution < -0.4 is 0 Å². The van der Waals surface area contributed by atoms with Gasteiger partial charge >= 0.3 is 5.97 Å². The Morgan fingerprint density at radius 1 is 1.50 bits per heavy atom. The van der Waals surface area contributed by atoms with E-state index in [0.29, 0.717) is 18.6 Å². The van der Waals surface area contributed by atoms with Crippen molar-refractivity contribution in [3.05, 3.63) is 11.6 Å². The highest BCUT2D eigenvalue weighted by atomic mass is 16.5. The first-order chi connectivity index (χ1) is 6.61. The lowest BCUT2D eigenvalue weighted by atomic mass is 10.1. The second kappa shape index (κ2) is 7.56. The maximum absolute atomic E-state index is 11.1. The van der Waals surface area contributed by atoms with Gasteiger partial charge in [0.25, 0.3) is 0 Å². The zero-order valence-electron chi connectivity index (χ0n) is 9.25. The van der Waals surface area contributed by atoms with Gasteiger partial charge in [0, 0.05) is 12.0 Å². The van der Waals surface area contributed by atoms with Crippen LogP contribution in [-0.4, -0.2) is 23.8 Å². The molecule has 0 aromatic carbocycles. The number of aliphatic hydroxyl groups excluding tert-OH is 1. The van der Waals surface area contributed by atoms with Crippen LogP contribution in [0, 0.1) is 0 Å². The fourth-order valence-electron chi connectivity index (χ4n) is 0.997. The summed E-state index contributed by atoms with van der Waals surface area (Å²) >= 11 is 0. The quantitative estimate of drug-likeness (QED) is 0.527. The van der Waals surface area contributed by atoms with E-state index >= 15 is 0 Å². The highest BCUT2D eigenvalue weighted by molar-refractivity contribution is 5.87. The molecule has 3 nitrogen and oxygen atoms in total. The predicted octanol–water partition coefficient (Wildman–Crippen LogP) is 2.05. The maximum Gasteiger partial charge on any atom is 0.333 e. The zero-order valence-corrected chi connectivity index (χ0v) is 9.25. The molecular formula is C11H20O3. The number of hydrogen-bond donors (Lipinski definition) is 1. The van der Waals surface area contributed by atoms with Gasteiger partial charge in [0.1, 0.15) is 0 Å². The van der Waals surface area contributed by atoms with Crippen molar-refractivity contribution in [2.24, 2.45) is 0 Å². The Kier molecular flexibility index (Phi) is 7.11. The van der Waals surface area contributed by atoms with Crippen molar-refractivity contribution in [3.8, 4) is 0 Å². The molecule has 0 aliphatic heterocycles. The van der Waals surface area contributed by atoms with Gasteiger partial charge in [-0.05, 0) is 20.3 Å². The number of esters is 1. The minimum absolute atomic E-state index is 0.295. The minimum Gasteiger partial charge on any atom is -0.462 e. The van der Waals surface area contributed by atoms with Crippen LogP contribution in [0.2, 0.25) is 0 Å². The molecule has 82 valence electrons. The first kappa shape index (κ1) is 13.2. The van der Waals surface area contributed by atoms with Crippen LogP contribution in [0.25, 0.3) is 0 Å². The van der Waals surface area contributed by atoms with Gasteiger partial charge in [0.05, 0.1) is 12.7 Å². The first-order valence-electron chi connectivity index (χ1n) is 5.09. The largest absolute Gasteiger partial charge is 0.462 e. The molecule has 1 N–H and O–H groups in total. The van der Waals surface area contributed by atoms with Crippen LogP contribution in [0.5, 0.6) is 0 Å². The molecule has 0 heterocycles. The fraction of sp³-hybridized carbons (Fsp3) is 0.727. The van der Waals surface area contributed by atoms with E-state index in [1.807, 2.05) is 6.92 Å². The highest BCUT2D eigenvalue weighted by Crippen LogP contribution is 2.03. The number of ether oxygens (including phenoxy) is 1. The van der Waals surface area contributed by atoms with Crippen LogP contribution in [-0.2, 0) is 9.53 Å². The van der Waals surface area contributed by atoms with E-state index in [2.05, 4.69) is 0 Å². The molecule has 0 saturated carbocycles. The molecule has 1 unspecified atom stereocenters. The third-order valence-corrected chi connectivity index (χ3v) is 2.06. The van der Waals surface area contributed by atoms with Crippen molar-refractivity contribution < 1.29 is 14.6 Å². The predicted molar refractivity (Wildman–Crippen MR) is 55.9 cm³/mol. The van der Waals surface area contributed by atoms with Gasteiger partial charge in [0.2, 0.25) is 0 Å². The van der Waals surface area contributed by atoms with Crippen molar-refractivity contribution in [1.29, 1.82) is 0 Å². The van der Waals surface area contributed by atoms with Crippen LogP contribution in [0.4, 0.5) is 0 Å². The number of carbonyl (C=O) groups excluding carboxylic acids is 1. The zero-order chi connectivity index (χ0) is 11.0. The lowest BCUT2D eigenvalue weighted by molar-refractivity contribution is -0.139. The molecule has 0 saturated heterocycles. The van der Waals surface area contributed by atoms with Crippen molar-refractivity contribution in [2.45, 2.75) is 46.1 Å². The van der Waals surface area contributed by atoms with Gasteiger partial charge < -0.3 is 9.84 Å². The van der Waals surface area contributed by atoms with E-state index < -0.39 is 0 Å². The third-order valence-electron chi connectivity index (χ3n) is 2.06. The summed E-state index contributed by atoms with van der Waals surface area (Å²) < 4.78 is 4.94. The summed E-state index contributed by atoms with van der Waals surface area (Å²) in [4.78, 5) is 11.1. The number of rotatable bonds is 6. The van der Waals surface area contributed by atoms with Crippen molar-refractivity contribution in [1.82, 2.24) is 0 Å². The normalized spacial score (nSPS) is 13.9. The summed E-state index contributed by atoms with van der Waals surface area (Å²) in [5.74, 6) is -0.295. The monoisotopic (exact) mass is 200 g/mol. The molecule has 14 heavy (non-hydrogen) atoms. The van der Waals surface area contributed by atoms with E-state index in [4.69, 9.17) is 4.74 Å². The lowest BCUT2D eigenvalue weighted by Gasteiger charge is -2.09. The molecule has 0 aliphatic rings. The van der Waals surface area contributed by atoms with Crippen LogP contribution in [0.3, 0.4) is 0 Å². The van der Waals surface area contributed by atoms with E-state index in [0.717, 1.165) is 12.8 Å². The average Bonchev–Trinajstić information content (AvgIpc) is 2.16. The van der Waals surface area contributed by atoms with Crippen LogP contribution in [0.15, 0.2) is 11.6 Å². The second-order valence-corrected chi connectivity index (χ2v) is 3.34. The van der Waals surface area contributed by atoms with E-state index in [-0.39, 0.29) is 12.1 Å². The molecule has 0 radical (unpaired) electrons. The van der Waals surface area contributed by atoms with Crippen molar-refractivity contribution in [3.63, 3.8) is 0 Å². The van der Waals surface area contributed by atoms with Gasteiger partial charge in [-0.2, -0.15) is 0 Å². The Bertz CT molecular complexity index is 197. The summed E-state index contributed by atoms with van der Waals surface area (Å²) in [7, 11) is 0. The van der Waals surface area contributed by atoms with Gasteiger partial charge in [-0.1, -0.05) is 19.4 Å². The second-order valence-electron chi connectivity index (χ2n) is 3.34. The topological polar surface area (TPSA) is 46.5 Å². The summed E-state index contributed by atoms with van der Waals surface area (Å²) in [6.07, 6.45) is 3.60. The smallest absolute Gasteiger partial charge is 0.333 e. The summed E-state index contributed by atoms with van der Waals surface area (Å²) in [6, 6.07) is 0. The van der Waals surface area contributed by atoms with Gasteiger partial charge in [-0.3, -0.25) is 0 Å². The Balaban J connectivity index is 3.59. The number of hydrogen-bond acceptors (Lipinski definition) is 3. The van der Waals surface area contributed by atoms with Crippen LogP contribution >= 0.6 is 0 Å². The van der Waals surface area contributed by atoms with E-state index in [9.17, 15) is 9.90 Å². The minimum atomic E-state index is -0.348. The molecule has 0 rings (SSSR count). The molecule has 3 heteroatoms. The summed E-state index contributed by atoms with van der Waals surface area (Å²) in [6.45, 7) is 5.82. The molecule has 0 aliphatic carbocycles. The summed E-state index contributed by atoms with van der Waals surface area (Å²) in [5.41, 5.74) is 0.606. The Labute approximate surface area is 85.8 Å². The number of allylic oxidation sites excluding steroid dienone is 1. The van der Waals surface area contributed by atoms with E-state index in [1.165, 1.54) is 0 Å². The van der Waals surface area contributed by atoms with Gasteiger partial charge in [-0.15, -0.1) is 0 Å². The molecular weight excluding hydrogens is 180 g/mol. The number of aliphatic hydroxyl groups is 1. The Hall–Kier alpha value is -0.830. The SMILES string of the molecule is CC=C(C)C(=O)OCCC(O)CCC.